The Labute approximate surface area is 382 Å². The molecule has 2 heterocycles. The maximum atomic E-state index is 2.54. The molecule has 0 radical (unpaired) electrons. The van der Waals surface area contributed by atoms with Gasteiger partial charge in [-0.3, -0.25) is 0 Å². The van der Waals surface area contributed by atoms with E-state index in [1.165, 1.54) is 107 Å². The Balaban J connectivity index is 1.23. The van der Waals surface area contributed by atoms with E-state index < -0.39 is 0 Å². The van der Waals surface area contributed by atoms with Crippen LogP contribution in [0.3, 0.4) is 0 Å². The third kappa shape index (κ3) is 5.96. The van der Waals surface area contributed by atoms with Gasteiger partial charge in [0, 0.05) is 53.1 Å². The largest absolute Gasteiger partial charge is 0.308 e. The second-order valence-electron chi connectivity index (χ2n) is 19.3. The van der Waals surface area contributed by atoms with Crippen molar-refractivity contribution >= 4 is 129 Å². The first-order valence-electron chi connectivity index (χ1n) is 22.3. The zero-order valence-corrected chi connectivity index (χ0v) is 38.7. The van der Waals surface area contributed by atoms with Gasteiger partial charge in [0.05, 0.1) is 32.1 Å². The van der Waals surface area contributed by atoms with Gasteiger partial charge < -0.3 is 9.80 Å². The number of fused-ring (bicyclic) bond motifs is 6. The van der Waals surface area contributed by atoms with Crippen molar-refractivity contribution in [3.05, 3.63) is 193 Å². The monoisotopic (exact) mass is 860 g/mol. The fourth-order valence-corrected chi connectivity index (χ4v) is 12.8. The summed E-state index contributed by atoms with van der Waals surface area (Å²) < 4.78 is 5.20. The smallest absolute Gasteiger partial charge is 0.0640 e. The van der Waals surface area contributed by atoms with Crippen LogP contribution in [0.2, 0.25) is 0 Å². The topological polar surface area (TPSA) is 6.48 Å². The zero-order chi connectivity index (χ0) is 43.5. The maximum absolute atomic E-state index is 2.54. The number of anilines is 6. The molecule has 0 fully saturated rings. The first-order valence-corrected chi connectivity index (χ1v) is 24.0. The fraction of sp³-hybridized carbons (Fsp3) is 0.133. The molecule has 64 heavy (non-hydrogen) atoms. The summed E-state index contributed by atoms with van der Waals surface area (Å²) in [6.45, 7) is 14.2. The molecule has 0 unspecified atom stereocenters. The van der Waals surface area contributed by atoms with Crippen LogP contribution in [-0.4, -0.2) is 0 Å². The number of thiophene rings is 2. The molecule has 0 bridgehead atoms. The van der Waals surface area contributed by atoms with Gasteiger partial charge in [-0.25, -0.2) is 0 Å². The standard InChI is InChI=1S/C60H48N2S2/c1-59(2,3)47-35-51(61(37-19-9-7-10-20-37)49-27-17-25-41-39-23-13-15-29-53(39)63-57(41)49)45-34-32-44-48(60(4,5)6)36-52(46-33-31-43(47)55(45)56(44)46)62(38-21-11-8-12-22-38)50-28-18-26-42-40-24-14-16-30-54(40)64-58(42)50/h7-36H,1-6H3. The molecular weight excluding hydrogens is 813 g/mol. The SMILES string of the molecule is CC(C)(C)c1cc(N(c2ccccc2)c2cccc3c2sc2ccccc23)c2ccc3c(C(C)(C)C)cc(N(c4ccccc4)c4cccc5c4sc4ccccc45)c4ccc1c2c43. The van der Waals surface area contributed by atoms with E-state index in [4.69, 9.17) is 0 Å². The van der Waals surface area contributed by atoms with Crippen LogP contribution in [0.1, 0.15) is 52.7 Å². The van der Waals surface area contributed by atoms with E-state index in [2.05, 4.69) is 233 Å². The van der Waals surface area contributed by atoms with Crippen molar-refractivity contribution in [2.75, 3.05) is 9.80 Å². The molecule has 0 saturated heterocycles. The predicted molar refractivity (Wildman–Crippen MR) is 283 cm³/mol. The number of benzene rings is 10. The van der Waals surface area contributed by atoms with Crippen molar-refractivity contribution in [2.24, 2.45) is 0 Å². The number of nitrogens with zero attached hydrogens (tertiary/aromatic N) is 2. The van der Waals surface area contributed by atoms with E-state index in [9.17, 15) is 0 Å². The lowest BCUT2D eigenvalue weighted by Gasteiger charge is -2.34. The molecule has 2 aromatic heterocycles. The van der Waals surface area contributed by atoms with Gasteiger partial charge in [0.25, 0.3) is 0 Å². The summed E-state index contributed by atoms with van der Waals surface area (Å²) >= 11 is 3.78. The number of para-hydroxylation sites is 2. The van der Waals surface area contributed by atoms with Crippen molar-refractivity contribution in [3.63, 3.8) is 0 Å². The lowest BCUT2D eigenvalue weighted by atomic mass is 9.77. The van der Waals surface area contributed by atoms with Gasteiger partial charge in [-0.1, -0.05) is 163 Å². The molecule has 0 amide bonds. The van der Waals surface area contributed by atoms with Gasteiger partial charge in [-0.05, 0) is 104 Å². The van der Waals surface area contributed by atoms with Gasteiger partial charge in [0.15, 0.2) is 0 Å². The Morgan fingerprint density at radius 2 is 0.672 bits per heavy atom. The van der Waals surface area contributed by atoms with Crippen LogP contribution < -0.4 is 9.80 Å². The number of hydrogen-bond acceptors (Lipinski definition) is 4. The van der Waals surface area contributed by atoms with Crippen molar-refractivity contribution in [3.8, 4) is 0 Å². The van der Waals surface area contributed by atoms with Gasteiger partial charge in [-0.2, -0.15) is 0 Å². The van der Waals surface area contributed by atoms with Crippen LogP contribution in [0.5, 0.6) is 0 Å². The third-order valence-corrected chi connectivity index (χ3v) is 15.6. The molecule has 10 aromatic carbocycles. The average molecular weight is 861 g/mol. The Kier molecular flexibility index (Phi) is 8.76. The van der Waals surface area contributed by atoms with Gasteiger partial charge in [0.1, 0.15) is 0 Å². The Morgan fingerprint density at radius 1 is 0.312 bits per heavy atom. The summed E-state index contributed by atoms with van der Waals surface area (Å²) in [4.78, 5) is 5.09. The number of rotatable bonds is 6. The molecule has 0 N–H and O–H groups in total. The summed E-state index contributed by atoms with van der Waals surface area (Å²) in [6.07, 6.45) is 0. The molecule has 2 nitrogen and oxygen atoms in total. The summed E-state index contributed by atoms with van der Waals surface area (Å²) in [6, 6.07) is 68.1. The summed E-state index contributed by atoms with van der Waals surface area (Å²) in [5.41, 5.74) is 9.46. The van der Waals surface area contributed by atoms with Crippen LogP contribution in [0, 0.1) is 0 Å². The lowest BCUT2D eigenvalue weighted by Crippen LogP contribution is -2.17. The van der Waals surface area contributed by atoms with E-state index in [1.54, 1.807) is 0 Å². The minimum atomic E-state index is -0.147. The highest BCUT2D eigenvalue weighted by atomic mass is 32.1. The summed E-state index contributed by atoms with van der Waals surface area (Å²) in [5.74, 6) is 0. The molecule has 0 aliphatic heterocycles. The molecule has 0 atom stereocenters. The predicted octanol–water partition coefficient (Wildman–Crippen LogP) is 18.9. The molecular formula is C60H48N2S2. The van der Waals surface area contributed by atoms with Crippen LogP contribution in [0.4, 0.5) is 34.1 Å². The molecule has 0 aliphatic carbocycles. The van der Waals surface area contributed by atoms with E-state index >= 15 is 0 Å². The first-order chi connectivity index (χ1) is 31.0. The highest BCUT2D eigenvalue weighted by Crippen LogP contribution is 2.54. The van der Waals surface area contributed by atoms with Crippen LogP contribution in [0.15, 0.2) is 182 Å². The van der Waals surface area contributed by atoms with E-state index in [-0.39, 0.29) is 10.8 Å². The average Bonchev–Trinajstić information content (AvgIpc) is 3.88. The van der Waals surface area contributed by atoms with Crippen LogP contribution in [0.25, 0.3) is 72.7 Å². The van der Waals surface area contributed by atoms with Gasteiger partial charge >= 0.3 is 0 Å². The van der Waals surface area contributed by atoms with E-state index in [0.29, 0.717) is 0 Å². The minimum absolute atomic E-state index is 0.147. The highest BCUT2D eigenvalue weighted by molar-refractivity contribution is 7.26. The molecule has 0 aliphatic rings. The van der Waals surface area contributed by atoms with Crippen LogP contribution in [-0.2, 0) is 10.8 Å². The van der Waals surface area contributed by atoms with Gasteiger partial charge in [-0.15, -0.1) is 22.7 Å². The first kappa shape index (κ1) is 38.9. The summed E-state index contributed by atoms with van der Waals surface area (Å²) in [5, 5.41) is 13.0. The molecule has 310 valence electrons. The Bertz CT molecular complexity index is 3500. The quantitative estimate of drug-likeness (QED) is 0.154. The minimum Gasteiger partial charge on any atom is -0.308 e. The van der Waals surface area contributed by atoms with Crippen LogP contribution >= 0.6 is 22.7 Å². The molecule has 12 aromatic rings. The van der Waals surface area contributed by atoms with Crippen molar-refractivity contribution in [1.29, 1.82) is 0 Å². The maximum Gasteiger partial charge on any atom is 0.0640 e. The Morgan fingerprint density at radius 3 is 1.08 bits per heavy atom. The highest BCUT2D eigenvalue weighted by Gasteiger charge is 2.30. The summed E-state index contributed by atoms with van der Waals surface area (Å²) in [7, 11) is 0. The van der Waals surface area contributed by atoms with E-state index in [0.717, 1.165) is 11.4 Å². The van der Waals surface area contributed by atoms with E-state index in [1.807, 2.05) is 22.7 Å². The van der Waals surface area contributed by atoms with Crippen molar-refractivity contribution in [1.82, 2.24) is 0 Å². The lowest BCUT2D eigenvalue weighted by molar-refractivity contribution is 0.595. The van der Waals surface area contributed by atoms with Gasteiger partial charge in [0.2, 0.25) is 0 Å². The molecule has 0 spiro atoms. The second kappa shape index (κ2) is 14.4. The molecule has 4 heteroatoms. The Hall–Kier alpha value is -6.72. The molecule has 12 rings (SSSR count). The van der Waals surface area contributed by atoms with Crippen molar-refractivity contribution in [2.45, 2.75) is 52.4 Å². The van der Waals surface area contributed by atoms with Crippen molar-refractivity contribution < 1.29 is 0 Å². The fourth-order valence-electron chi connectivity index (χ4n) is 10.4. The molecule has 0 saturated carbocycles. The second-order valence-corrected chi connectivity index (χ2v) is 21.4. The number of hydrogen-bond donors (Lipinski definition) is 0. The third-order valence-electron chi connectivity index (χ3n) is 13.2. The normalized spacial score (nSPS) is 12.5. The zero-order valence-electron chi connectivity index (χ0n) is 37.0.